The van der Waals surface area contributed by atoms with Gasteiger partial charge >= 0.3 is 0 Å². The van der Waals surface area contributed by atoms with Crippen LogP contribution >= 0.6 is 0 Å². The molecule has 0 fully saturated rings. The lowest BCUT2D eigenvalue weighted by molar-refractivity contribution is 0.506. The SMILES string of the molecule is C=C(CCNS(=O)(=O)N(C)C)n1cnc2cnc3[nH]ccc3c21. The van der Waals surface area contributed by atoms with Crippen LogP contribution in [0.3, 0.4) is 0 Å². The fraction of sp³-hybridized carbons (Fsp3) is 0.286. The van der Waals surface area contributed by atoms with Gasteiger partial charge in [0.15, 0.2) is 0 Å². The highest BCUT2D eigenvalue weighted by atomic mass is 32.2. The predicted octanol–water partition coefficient (Wildman–Crippen LogP) is 1.17. The van der Waals surface area contributed by atoms with Crippen molar-refractivity contribution in [2.75, 3.05) is 20.6 Å². The number of hydrogen-bond acceptors (Lipinski definition) is 4. The van der Waals surface area contributed by atoms with Gasteiger partial charge in [-0.2, -0.15) is 12.7 Å². The molecule has 0 unspecified atom stereocenters. The van der Waals surface area contributed by atoms with E-state index in [1.807, 2.05) is 16.8 Å². The summed E-state index contributed by atoms with van der Waals surface area (Å²) >= 11 is 0. The summed E-state index contributed by atoms with van der Waals surface area (Å²) in [4.78, 5) is 11.7. The van der Waals surface area contributed by atoms with Crippen LogP contribution < -0.4 is 4.72 Å². The molecule has 122 valence electrons. The average Bonchev–Trinajstić information content (AvgIpc) is 3.12. The highest BCUT2D eigenvalue weighted by molar-refractivity contribution is 7.87. The van der Waals surface area contributed by atoms with Crippen molar-refractivity contribution in [3.05, 3.63) is 31.4 Å². The molecule has 2 N–H and O–H groups in total. The zero-order valence-electron chi connectivity index (χ0n) is 12.9. The monoisotopic (exact) mass is 334 g/mol. The third kappa shape index (κ3) is 2.85. The number of aromatic nitrogens is 4. The van der Waals surface area contributed by atoms with E-state index in [1.54, 1.807) is 12.5 Å². The second-order valence-electron chi connectivity index (χ2n) is 5.34. The smallest absolute Gasteiger partial charge is 0.278 e. The van der Waals surface area contributed by atoms with Crippen molar-refractivity contribution in [3.8, 4) is 0 Å². The predicted molar refractivity (Wildman–Crippen MR) is 89.9 cm³/mol. The number of nitrogens with one attached hydrogen (secondary N) is 2. The molecule has 8 nitrogen and oxygen atoms in total. The van der Waals surface area contributed by atoms with Crippen LogP contribution in [-0.4, -0.2) is 52.9 Å². The molecule has 0 aromatic carbocycles. The number of pyridine rings is 1. The van der Waals surface area contributed by atoms with Gasteiger partial charge in [0, 0.05) is 44.3 Å². The fourth-order valence-corrected chi connectivity index (χ4v) is 2.94. The standard InChI is InChI=1S/C14H18N6O2S/c1-10(4-7-18-23(21,22)19(2)3)20-9-17-12-8-16-14-11(13(12)20)5-6-15-14/h5-6,8-9,18H,1,4,7H2,2-3H3,(H,15,16). The van der Waals surface area contributed by atoms with Crippen molar-refractivity contribution in [2.45, 2.75) is 6.42 Å². The molecule has 0 bridgehead atoms. The minimum absolute atomic E-state index is 0.264. The lowest BCUT2D eigenvalue weighted by Crippen LogP contribution is -2.36. The minimum Gasteiger partial charge on any atom is -0.346 e. The van der Waals surface area contributed by atoms with Crippen molar-refractivity contribution >= 4 is 38.0 Å². The quantitative estimate of drug-likeness (QED) is 0.707. The van der Waals surface area contributed by atoms with E-state index in [4.69, 9.17) is 0 Å². The molecule has 0 saturated carbocycles. The number of nitrogens with zero attached hydrogens (tertiary/aromatic N) is 4. The second kappa shape index (κ2) is 5.76. The number of aromatic amines is 1. The molecule has 3 aromatic rings. The van der Waals surface area contributed by atoms with Crippen molar-refractivity contribution in [1.82, 2.24) is 28.5 Å². The van der Waals surface area contributed by atoms with Gasteiger partial charge in [-0.3, -0.25) is 0 Å². The molecule has 3 rings (SSSR count). The molecular weight excluding hydrogens is 316 g/mol. The minimum atomic E-state index is -3.43. The summed E-state index contributed by atoms with van der Waals surface area (Å²) in [5.74, 6) is 0. The Kier molecular flexibility index (Phi) is 3.92. The summed E-state index contributed by atoms with van der Waals surface area (Å²) < 4.78 is 28.9. The van der Waals surface area contributed by atoms with Crippen LogP contribution in [0.5, 0.6) is 0 Å². The third-order valence-electron chi connectivity index (χ3n) is 3.61. The van der Waals surface area contributed by atoms with E-state index in [2.05, 4.69) is 26.3 Å². The van der Waals surface area contributed by atoms with Crippen LogP contribution in [0.4, 0.5) is 0 Å². The Labute approximate surface area is 134 Å². The zero-order valence-corrected chi connectivity index (χ0v) is 13.8. The molecule has 0 aliphatic rings. The molecule has 0 atom stereocenters. The summed E-state index contributed by atoms with van der Waals surface area (Å²) in [6, 6.07) is 1.94. The Hall–Kier alpha value is -2.23. The molecule has 9 heteroatoms. The first-order valence-electron chi connectivity index (χ1n) is 7.04. The Bertz CT molecular complexity index is 970. The van der Waals surface area contributed by atoms with Gasteiger partial charge in [-0.25, -0.2) is 14.7 Å². The normalized spacial score (nSPS) is 12.5. The lowest BCUT2D eigenvalue weighted by atomic mass is 10.2. The molecule has 3 heterocycles. The molecule has 23 heavy (non-hydrogen) atoms. The van der Waals surface area contributed by atoms with Crippen LogP contribution in [0.1, 0.15) is 6.42 Å². The molecule has 0 aliphatic carbocycles. The van der Waals surface area contributed by atoms with Gasteiger partial charge in [0.25, 0.3) is 10.2 Å². The molecule has 0 amide bonds. The summed E-state index contributed by atoms with van der Waals surface area (Å²) in [6.07, 6.45) is 5.67. The Morgan fingerprint density at radius 2 is 2.22 bits per heavy atom. The third-order valence-corrected chi connectivity index (χ3v) is 5.14. The fourth-order valence-electron chi connectivity index (χ4n) is 2.32. The number of rotatable bonds is 6. The van der Waals surface area contributed by atoms with E-state index in [0.717, 1.165) is 32.1 Å². The zero-order chi connectivity index (χ0) is 16.6. The topological polar surface area (TPSA) is 95.9 Å². The van der Waals surface area contributed by atoms with Crippen LogP contribution in [0, 0.1) is 0 Å². The van der Waals surface area contributed by atoms with Crippen molar-refractivity contribution in [2.24, 2.45) is 0 Å². The molecule has 3 aromatic heterocycles. The highest BCUT2D eigenvalue weighted by Gasteiger charge is 2.14. The molecular formula is C14H18N6O2S. The van der Waals surface area contributed by atoms with Crippen LogP contribution in [0.15, 0.2) is 31.4 Å². The average molecular weight is 334 g/mol. The Balaban J connectivity index is 1.83. The van der Waals surface area contributed by atoms with Crippen LogP contribution in [-0.2, 0) is 10.2 Å². The van der Waals surface area contributed by atoms with Crippen molar-refractivity contribution in [3.63, 3.8) is 0 Å². The van der Waals surface area contributed by atoms with Crippen LogP contribution in [0.2, 0.25) is 0 Å². The van der Waals surface area contributed by atoms with Gasteiger partial charge in [0.1, 0.15) is 17.5 Å². The van der Waals surface area contributed by atoms with Crippen molar-refractivity contribution < 1.29 is 8.42 Å². The van der Waals surface area contributed by atoms with Gasteiger partial charge in [-0.1, -0.05) is 6.58 Å². The molecule has 0 spiro atoms. The van der Waals surface area contributed by atoms with Crippen LogP contribution in [0.25, 0.3) is 27.8 Å². The largest absolute Gasteiger partial charge is 0.346 e. The van der Waals surface area contributed by atoms with E-state index in [-0.39, 0.29) is 6.54 Å². The maximum Gasteiger partial charge on any atom is 0.278 e. The lowest BCUT2D eigenvalue weighted by Gasteiger charge is -2.13. The number of imidazole rings is 1. The maximum atomic E-state index is 11.7. The maximum absolute atomic E-state index is 11.7. The van der Waals surface area contributed by atoms with Gasteiger partial charge in [-0.15, -0.1) is 0 Å². The van der Waals surface area contributed by atoms with Gasteiger partial charge in [0.2, 0.25) is 0 Å². The van der Waals surface area contributed by atoms with Gasteiger partial charge in [0.05, 0.1) is 11.7 Å². The van der Waals surface area contributed by atoms with E-state index >= 15 is 0 Å². The number of hydrogen-bond donors (Lipinski definition) is 2. The molecule has 0 aliphatic heterocycles. The van der Waals surface area contributed by atoms with E-state index in [1.165, 1.54) is 14.1 Å². The highest BCUT2D eigenvalue weighted by Crippen LogP contribution is 2.24. The Morgan fingerprint density at radius 3 is 2.96 bits per heavy atom. The molecule has 0 saturated heterocycles. The second-order valence-corrected chi connectivity index (χ2v) is 7.31. The number of fused-ring (bicyclic) bond motifs is 3. The van der Waals surface area contributed by atoms with E-state index < -0.39 is 10.2 Å². The van der Waals surface area contributed by atoms with E-state index in [9.17, 15) is 8.42 Å². The first-order chi connectivity index (χ1) is 10.9. The summed E-state index contributed by atoms with van der Waals surface area (Å²) in [7, 11) is -0.464. The van der Waals surface area contributed by atoms with E-state index in [0.29, 0.717) is 6.42 Å². The van der Waals surface area contributed by atoms with Gasteiger partial charge in [-0.05, 0) is 6.07 Å². The molecule has 0 radical (unpaired) electrons. The summed E-state index contributed by atoms with van der Waals surface area (Å²) in [5, 5.41) is 0.954. The Morgan fingerprint density at radius 1 is 1.43 bits per heavy atom. The number of H-pyrrole nitrogens is 1. The first-order valence-corrected chi connectivity index (χ1v) is 8.48. The van der Waals surface area contributed by atoms with Crippen molar-refractivity contribution in [1.29, 1.82) is 0 Å². The first kappa shape index (κ1) is 15.7. The summed E-state index contributed by atoms with van der Waals surface area (Å²) in [6.45, 7) is 4.31. The summed E-state index contributed by atoms with van der Waals surface area (Å²) in [5.41, 5.74) is 3.21. The van der Waals surface area contributed by atoms with Gasteiger partial charge < -0.3 is 9.55 Å².